The molecule has 0 fully saturated rings. The van der Waals surface area contributed by atoms with Crippen molar-refractivity contribution in [2.45, 2.75) is 40.2 Å². The minimum absolute atomic E-state index is 0.0564. The highest BCUT2D eigenvalue weighted by molar-refractivity contribution is 7.86. The molecule has 0 saturated carbocycles. The number of oxime groups is 1. The molecular formula is C15H25N3O8S2. The molecule has 28 heavy (non-hydrogen) atoms. The molecule has 0 aromatic carbocycles. The van der Waals surface area contributed by atoms with Crippen LogP contribution in [-0.2, 0) is 33.5 Å². The monoisotopic (exact) mass is 439 g/mol. The number of aliphatic carboxylic acids is 1. The van der Waals surface area contributed by atoms with Gasteiger partial charge >= 0.3 is 11.9 Å². The van der Waals surface area contributed by atoms with Gasteiger partial charge in [-0.3, -0.25) is 4.18 Å². The summed E-state index contributed by atoms with van der Waals surface area (Å²) in [6, 6.07) is 0. The molecule has 0 aliphatic carbocycles. The van der Waals surface area contributed by atoms with Crippen LogP contribution in [0.15, 0.2) is 10.5 Å². The van der Waals surface area contributed by atoms with Crippen LogP contribution in [0.4, 0.5) is 5.13 Å². The number of esters is 1. The van der Waals surface area contributed by atoms with Crippen molar-refractivity contribution in [1.82, 2.24) is 4.98 Å². The highest BCUT2D eigenvalue weighted by Crippen LogP contribution is 2.12. The Hall–Kier alpha value is -2.25. The summed E-state index contributed by atoms with van der Waals surface area (Å²) in [6.07, 6.45) is 0. The minimum atomic E-state index is -3.17. The van der Waals surface area contributed by atoms with Gasteiger partial charge in [-0.2, -0.15) is 8.42 Å². The molecule has 1 heterocycles. The first kappa shape index (κ1) is 25.8. The average molecular weight is 440 g/mol. The lowest BCUT2D eigenvalue weighted by molar-refractivity contribution is -0.160. The van der Waals surface area contributed by atoms with E-state index in [1.807, 2.05) is 0 Å². The molecular weight excluding hydrogens is 414 g/mol. The zero-order valence-corrected chi connectivity index (χ0v) is 17.9. The molecule has 0 spiro atoms. The summed E-state index contributed by atoms with van der Waals surface area (Å²) in [4.78, 5) is 30.8. The number of aromatic nitrogens is 1. The Kier molecular flexibility index (Phi) is 10.6. The van der Waals surface area contributed by atoms with Crippen LogP contribution in [0.2, 0.25) is 0 Å². The van der Waals surface area contributed by atoms with Crippen molar-refractivity contribution in [2.24, 2.45) is 5.16 Å². The van der Waals surface area contributed by atoms with E-state index in [4.69, 9.17) is 15.6 Å². The van der Waals surface area contributed by atoms with E-state index in [2.05, 4.69) is 19.2 Å². The Labute approximate surface area is 167 Å². The highest BCUT2D eigenvalue weighted by Gasteiger charge is 2.19. The van der Waals surface area contributed by atoms with Gasteiger partial charge < -0.3 is 20.4 Å². The van der Waals surface area contributed by atoms with Gasteiger partial charge in [-0.25, -0.2) is 14.6 Å². The summed E-state index contributed by atoms with van der Waals surface area (Å²) < 4.78 is 30.1. The maximum Gasteiger partial charge on any atom is 0.360 e. The second kappa shape index (κ2) is 11.6. The van der Waals surface area contributed by atoms with Gasteiger partial charge in [0.15, 0.2) is 5.13 Å². The molecule has 0 atom stereocenters. The number of nitrogens with zero attached hydrogens (tertiary/aromatic N) is 2. The van der Waals surface area contributed by atoms with Gasteiger partial charge in [-0.15, -0.1) is 11.3 Å². The number of carboxylic acid groups (broad SMARTS) is 1. The number of ether oxygens (including phenoxy) is 1. The van der Waals surface area contributed by atoms with Gasteiger partial charge in [0, 0.05) is 5.38 Å². The van der Waals surface area contributed by atoms with Crippen LogP contribution >= 0.6 is 11.3 Å². The quantitative estimate of drug-likeness (QED) is 0.260. The van der Waals surface area contributed by atoms with Crippen LogP contribution in [0.5, 0.6) is 0 Å². The lowest BCUT2D eigenvalue weighted by atomic mass is 10.2. The number of carbonyl (C=O) groups excluding carboxylic acids is 1. The summed E-state index contributed by atoms with van der Waals surface area (Å²) in [5.41, 5.74) is 4.40. The van der Waals surface area contributed by atoms with Crippen molar-refractivity contribution in [2.75, 3.05) is 24.7 Å². The molecule has 11 nitrogen and oxygen atoms in total. The number of hydrogen-bond donors (Lipinski definition) is 2. The predicted molar refractivity (Wildman–Crippen MR) is 104 cm³/mol. The summed E-state index contributed by atoms with van der Waals surface area (Å²) >= 11 is 1.07. The van der Waals surface area contributed by atoms with Crippen LogP contribution in [0, 0.1) is 0 Å². The minimum Gasteiger partial charge on any atom is -0.476 e. The van der Waals surface area contributed by atoms with Gasteiger partial charge in [0.1, 0.15) is 11.3 Å². The predicted octanol–water partition coefficient (Wildman–Crippen LogP) is 1.24. The van der Waals surface area contributed by atoms with Crippen molar-refractivity contribution < 1.29 is 36.9 Å². The van der Waals surface area contributed by atoms with Gasteiger partial charge in [0.2, 0.25) is 12.3 Å². The van der Waals surface area contributed by atoms with Crippen LogP contribution in [0.3, 0.4) is 0 Å². The van der Waals surface area contributed by atoms with E-state index in [1.165, 1.54) is 5.38 Å². The molecule has 1 rings (SSSR count). The van der Waals surface area contributed by atoms with E-state index >= 15 is 0 Å². The molecule has 0 saturated heterocycles. The Morgan fingerprint density at radius 3 is 2.29 bits per heavy atom. The first-order valence-corrected chi connectivity index (χ1v) is 10.5. The fourth-order valence-corrected chi connectivity index (χ4v) is 2.45. The molecule has 160 valence electrons. The summed E-state index contributed by atoms with van der Waals surface area (Å²) in [6.45, 7) is 8.04. The first-order valence-electron chi connectivity index (χ1n) is 8.04. The molecule has 1 aromatic heterocycles. The van der Waals surface area contributed by atoms with E-state index in [0.717, 1.165) is 11.3 Å². The Bertz CT molecular complexity index is 781. The standard InChI is InChI=1S/C11H15N3O5S.C4H10O3S/c1-11(2,3)19-7(15)4-18-14-8(9(16)17)6-5-20-10(12)13-6;1-3-7-8(5,6)4-2/h5H,4H2,1-3H3,(H2,12,13)(H,16,17);3-4H2,1-2H3/b14-8-;. The molecule has 13 heteroatoms. The maximum absolute atomic E-state index is 11.4. The fraction of sp³-hybridized carbons (Fsp3) is 0.600. The van der Waals surface area contributed by atoms with Crippen LogP contribution in [0.25, 0.3) is 0 Å². The molecule has 0 bridgehead atoms. The molecule has 0 aliphatic heterocycles. The van der Waals surface area contributed by atoms with Crippen LogP contribution in [-0.4, -0.2) is 60.7 Å². The summed E-state index contributed by atoms with van der Waals surface area (Å²) in [5.74, 6) is -1.93. The third kappa shape index (κ3) is 11.5. The number of anilines is 1. The Morgan fingerprint density at radius 1 is 1.32 bits per heavy atom. The lowest BCUT2D eigenvalue weighted by Gasteiger charge is -2.18. The number of carboxylic acids is 1. The maximum atomic E-state index is 11.4. The fourth-order valence-electron chi connectivity index (χ4n) is 1.38. The van der Waals surface area contributed by atoms with Gasteiger partial charge in [0.25, 0.3) is 10.1 Å². The topological polar surface area (TPSA) is 167 Å². The van der Waals surface area contributed by atoms with E-state index in [1.54, 1.807) is 34.6 Å². The largest absolute Gasteiger partial charge is 0.476 e. The third-order valence-corrected chi connectivity index (χ3v) is 4.35. The van der Waals surface area contributed by atoms with E-state index in [9.17, 15) is 18.0 Å². The smallest absolute Gasteiger partial charge is 0.360 e. The lowest BCUT2D eigenvalue weighted by Crippen LogP contribution is -2.26. The number of nitrogens with two attached hydrogens (primary N) is 1. The number of nitrogen functional groups attached to an aromatic ring is 1. The normalized spacial score (nSPS) is 12.0. The number of carbonyl (C=O) groups is 2. The second-order valence-corrected chi connectivity index (χ2v) is 8.75. The van der Waals surface area contributed by atoms with Crippen LogP contribution in [0.1, 0.15) is 40.3 Å². The van der Waals surface area contributed by atoms with Crippen molar-refractivity contribution in [3.8, 4) is 0 Å². The molecule has 0 aliphatic rings. The van der Waals surface area contributed by atoms with Crippen molar-refractivity contribution in [1.29, 1.82) is 0 Å². The summed E-state index contributed by atoms with van der Waals surface area (Å²) in [7, 11) is -3.17. The molecule has 1 aromatic rings. The van der Waals surface area contributed by atoms with Crippen molar-refractivity contribution in [3.05, 3.63) is 11.1 Å². The number of hydrogen-bond acceptors (Lipinski definition) is 11. The first-order chi connectivity index (χ1) is 12.8. The number of rotatable bonds is 8. The zero-order chi connectivity index (χ0) is 22.0. The van der Waals surface area contributed by atoms with E-state index in [0.29, 0.717) is 0 Å². The third-order valence-electron chi connectivity index (χ3n) is 2.38. The number of thiazole rings is 1. The zero-order valence-electron chi connectivity index (χ0n) is 16.3. The van der Waals surface area contributed by atoms with Crippen molar-refractivity contribution >= 4 is 44.2 Å². The summed E-state index contributed by atoms with van der Waals surface area (Å²) in [5, 5.41) is 14.0. The highest BCUT2D eigenvalue weighted by atomic mass is 32.2. The Balaban J connectivity index is 0.000000769. The molecule has 3 N–H and O–H groups in total. The van der Waals surface area contributed by atoms with E-state index in [-0.39, 0.29) is 23.2 Å². The van der Waals surface area contributed by atoms with Crippen molar-refractivity contribution in [3.63, 3.8) is 0 Å². The molecule has 0 radical (unpaired) electrons. The second-order valence-electron chi connectivity index (χ2n) is 5.93. The Morgan fingerprint density at radius 2 is 1.93 bits per heavy atom. The molecule has 0 unspecified atom stereocenters. The average Bonchev–Trinajstić information content (AvgIpc) is 2.96. The van der Waals surface area contributed by atoms with E-state index < -0.39 is 40.0 Å². The SMILES string of the molecule is CC(C)(C)OC(=O)CO/N=C(\C(=O)O)c1csc(N)n1.CCOS(=O)(=O)CC. The molecule has 0 amide bonds. The van der Waals surface area contributed by atoms with Gasteiger partial charge in [0.05, 0.1) is 12.4 Å². The van der Waals surface area contributed by atoms with Gasteiger partial charge in [-0.05, 0) is 34.6 Å². The van der Waals surface area contributed by atoms with Gasteiger partial charge in [-0.1, -0.05) is 5.16 Å². The van der Waals surface area contributed by atoms with Crippen LogP contribution < -0.4 is 5.73 Å².